The predicted octanol–water partition coefficient (Wildman–Crippen LogP) is 4.90. The van der Waals surface area contributed by atoms with Crippen molar-refractivity contribution in [1.29, 1.82) is 0 Å². The Morgan fingerprint density at radius 3 is 2.48 bits per heavy atom. The molecule has 1 saturated heterocycles. The van der Waals surface area contributed by atoms with Gasteiger partial charge in [0.25, 0.3) is 5.91 Å². The van der Waals surface area contributed by atoms with Crippen molar-refractivity contribution < 1.29 is 9.53 Å². The number of aliphatic imine (C=N–C) groups is 1. The van der Waals surface area contributed by atoms with Gasteiger partial charge in [0.1, 0.15) is 11.4 Å². The van der Waals surface area contributed by atoms with Gasteiger partial charge < -0.3 is 20.3 Å². The number of benzene rings is 2. The average Bonchev–Trinajstić information content (AvgIpc) is 2.81. The fourth-order valence-electron chi connectivity index (χ4n) is 4.52. The van der Waals surface area contributed by atoms with Gasteiger partial charge in [-0.15, -0.1) is 24.0 Å². The highest BCUT2D eigenvalue weighted by Gasteiger charge is 2.34. The Hall–Kier alpha value is -2.29. The number of rotatable bonds is 4. The number of amides is 1. The third-order valence-corrected chi connectivity index (χ3v) is 6.22. The van der Waals surface area contributed by atoms with E-state index in [9.17, 15) is 4.79 Å². The van der Waals surface area contributed by atoms with Crippen molar-refractivity contribution in [2.75, 3.05) is 20.1 Å². The van der Waals surface area contributed by atoms with Gasteiger partial charge in [-0.25, -0.2) is 0 Å². The number of piperidine rings is 1. The van der Waals surface area contributed by atoms with Crippen LogP contribution in [0.5, 0.6) is 5.75 Å². The van der Waals surface area contributed by atoms with E-state index < -0.39 is 0 Å². The van der Waals surface area contributed by atoms with Crippen molar-refractivity contribution in [1.82, 2.24) is 15.5 Å². The Morgan fingerprint density at radius 2 is 1.79 bits per heavy atom. The topological polar surface area (TPSA) is 66.0 Å². The second-order valence-electron chi connectivity index (χ2n) is 9.28. The molecule has 0 saturated carbocycles. The molecule has 2 aliphatic heterocycles. The zero-order valence-electron chi connectivity index (χ0n) is 19.8. The van der Waals surface area contributed by atoms with Gasteiger partial charge in [-0.05, 0) is 56.9 Å². The van der Waals surface area contributed by atoms with Crippen molar-refractivity contribution in [3.05, 3.63) is 65.2 Å². The molecule has 33 heavy (non-hydrogen) atoms. The second-order valence-corrected chi connectivity index (χ2v) is 9.28. The molecule has 2 aromatic carbocycles. The van der Waals surface area contributed by atoms with E-state index in [4.69, 9.17) is 4.74 Å². The average molecular weight is 562 g/mol. The van der Waals surface area contributed by atoms with E-state index >= 15 is 0 Å². The maximum Gasteiger partial charge on any atom is 0.253 e. The normalized spacial score (nSPS) is 19.5. The summed E-state index contributed by atoms with van der Waals surface area (Å²) < 4.78 is 6.14. The third kappa shape index (κ3) is 6.40. The van der Waals surface area contributed by atoms with E-state index in [1.54, 1.807) is 7.05 Å². The van der Waals surface area contributed by atoms with Crippen LogP contribution in [0.15, 0.2) is 53.5 Å². The van der Waals surface area contributed by atoms with Gasteiger partial charge in [0.15, 0.2) is 5.96 Å². The molecule has 178 valence electrons. The lowest BCUT2D eigenvalue weighted by Gasteiger charge is -2.38. The molecule has 7 heteroatoms. The number of ether oxygens (including phenoxy) is 1. The second kappa shape index (κ2) is 11.2. The number of halogens is 1. The van der Waals surface area contributed by atoms with Crippen LogP contribution in [0, 0.1) is 0 Å². The number of nitrogens with zero attached hydrogens (tertiary/aromatic N) is 2. The van der Waals surface area contributed by atoms with Crippen LogP contribution >= 0.6 is 24.0 Å². The minimum atomic E-state index is -0.248. The van der Waals surface area contributed by atoms with Gasteiger partial charge in [-0.1, -0.05) is 30.3 Å². The standard InChI is InChI=1S/C26H34N4O2.HI/c1-26(2)17-22(21-9-5-6-10-23(21)32-26)29-25(27-3)28-18-19-11-13-20(14-12-19)24(31)30-15-7-4-8-16-30;/h5-6,9-14,22H,4,7-8,15-18H2,1-3H3,(H2,27,28,29);1H. The van der Waals surface area contributed by atoms with Crippen molar-refractivity contribution in [3.8, 4) is 5.75 Å². The number of para-hydroxylation sites is 1. The molecule has 2 heterocycles. The highest BCUT2D eigenvalue weighted by atomic mass is 127. The molecule has 1 unspecified atom stereocenters. The molecule has 1 atom stereocenters. The molecule has 2 N–H and O–H groups in total. The number of hydrogen-bond acceptors (Lipinski definition) is 3. The van der Waals surface area contributed by atoms with Crippen LogP contribution in [0.3, 0.4) is 0 Å². The summed E-state index contributed by atoms with van der Waals surface area (Å²) in [5, 5.41) is 6.96. The van der Waals surface area contributed by atoms with Gasteiger partial charge in [-0.2, -0.15) is 0 Å². The lowest BCUT2D eigenvalue weighted by Crippen LogP contribution is -2.45. The number of fused-ring (bicyclic) bond motifs is 1. The number of carbonyl (C=O) groups is 1. The summed E-state index contributed by atoms with van der Waals surface area (Å²) in [5.41, 5.74) is 2.77. The minimum absolute atomic E-state index is 0. The van der Waals surface area contributed by atoms with E-state index in [0.717, 1.165) is 60.8 Å². The smallest absolute Gasteiger partial charge is 0.253 e. The lowest BCUT2D eigenvalue weighted by molar-refractivity contribution is 0.0693. The third-order valence-electron chi connectivity index (χ3n) is 6.22. The molecule has 0 aromatic heterocycles. The van der Waals surface area contributed by atoms with Crippen LogP contribution in [0.2, 0.25) is 0 Å². The first-order chi connectivity index (χ1) is 15.4. The molecule has 0 radical (unpaired) electrons. The van der Waals surface area contributed by atoms with E-state index in [2.05, 4.69) is 35.5 Å². The van der Waals surface area contributed by atoms with Crippen LogP contribution in [0.1, 0.15) is 67.1 Å². The molecule has 0 aliphatic carbocycles. The molecule has 6 nitrogen and oxygen atoms in total. The fourth-order valence-corrected chi connectivity index (χ4v) is 4.52. The molecular formula is C26H35IN4O2. The highest BCUT2D eigenvalue weighted by molar-refractivity contribution is 14.0. The summed E-state index contributed by atoms with van der Waals surface area (Å²) in [7, 11) is 1.78. The zero-order chi connectivity index (χ0) is 22.6. The summed E-state index contributed by atoms with van der Waals surface area (Å²) in [6.07, 6.45) is 4.28. The number of guanidine groups is 1. The van der Waals surface area contributed by atoms with Crippen molar-refractivity contribution in [2.45, 2.75) is 57.7 Å². The molecular weight excluding hydrogens is 527 g/mol. The SMILES string of the molecule is CN=C(NCc1ccc(C(=O)N2CCCCC2)cc1)NC1CC(C)(C)Oc2ccccc21.I. The zero-order valence-corrected chi connectivity index (χ0v) is 22.1. The monoisotopic (exact) mass is 562 g/mol. The van der Waals surface area contributed by atoms with Crippen LogP contribution in [-0.2, 0) is 6.54 Å². The number of carbonyl (C=O) groups excluding carboxylic acids is 1. The van der Waals surface area contributed by atoms with Crippen LogP contribution < -0.4 is 15.4 Å². The van der Waals surface area contributed by atoms with Gasteiger partial charge in [0.05, 0.1) is 6.04 Å². The van der Waals surface area contributed by atoms with Crippen molar-refractivity contribution >= 4 is 35.8 Å². The number of hydrogen-bond donors (Lipinski definition) is 2. The summed E-state index contributed by atoms with van der Waals surface area (Å²) in [5.74, 6) is 1.81. The maximum atomic E-state index is 12.7. The van der Waals surface area contributed by atoms with Crippen molar-refractivity contribution in [2.24, 2.45) is 4.99 Å². The Labute approximate surface area is 214 Å². The van der Waals surface area contributed by atoms with Gasteiger partial charge in [0, 0.05) is 44.2 Å². The molecule has 0 bridgehead atoms. The van der Waals surface area contributed by atoms with Crippen LogP contribution in [0.4, 0.5) is 0 Å². The molecule has 0 spiro atoms. The van der Waals surface area contributed by atoms with Gasteiger partial charge in [-0.3, -0.25) is 9.79 Å². The lowest BCUT2D eigenvalue weighted by atomic mass is 9.90. The predicted molar refractivity (Wildman–Crippen MR) is 143 cm³/mol. The van der Waals surface area contributed by atoms with Gasteiger partial charge in [0.2, 0.25) is 0 Å². The quantitative estimate of drug-likeness (QED) is 0.316. The first-order valence-electron chi connectivity index (χ1n) is 11.6. The Bertz CT molecular complexity index is 969. The fraction of sp³-hybridized carbons (Fsp3) is 0.462. The molecule has 1 fully saturated rings. The van der Waals surface area contributed by atoms with Crippen LogP contribution in [0.25, 0.3) is 0 Å². The molecule has 2 aromatic rings. The summed E-state index contributed by atoms with van der Waals surface area (Å²) in [4.78, 5) is 19.1. The molecule has 1 amide bonds. The van der Waals surface area contributed by atoms with E-state index in [-0.39, 0.29) is 41.5 Å². The summed E-state index contributed by atoms with van der Waals surface area (Å²) in [6, 6.07) is 16.2. The maximum absolute atomic E-state index is 12.7. The number of likely N-dealkylation sites (tertiary alicyclic amines) is 1. The summed E-state index contributed by atoms with van der Waals surface area (Å²) >= 11 is 0. The largest absolute Gasteiger partial charge is 0.487 e. The Balaban J connectivity index is 0.00000306. The molecule has 2 aliphatic rings. The Morgan fingerprint density at radius 1 is 1.09 bits per heavy atom. The Kier molecular flexibility index (Phi) is 8.62. The highest BCUT2D eigenvalue weighted by Crippen LogP contribution is 2.39. The number of nitrogens with one attached hydrogen (secondary N) is 2. The minimum Gasteiger partial charge on any atom is -0.487 e. The summed E-state index contributed by atoms with van der Waals surface area (Å²) in [6.45, 7) is 6.60. The first-order valence-corrected chi connectivity index (χ1v) is 11.6. The van der Waals surface area contributed by atoms with E-state index in [0.29, 0.717) is 6.54 Å². The first kappa shape index (κ1) is 25.3. The van der Waals surface area contributed by atoms with Crippen LogP contribution in [-0.4, -0.2) is 42.5 Å². The molecule has 4 rings (SSSR count). The van der Waals surface area contributed by atoms with Gasteiger partial charge >= 0.3 is 0 Å². The van der Waals surface area contributed by atoms with E-state index in [1.165, 1.54) is 6.42 Å². The van der Waals surface area contributed by atoms with E-state index in [1.807, 2.05) is 47.4 Å². The van der Waals surface area contributed by atoms with Crippen molar-refractivity contribution in [3.63, 3.8) is 0 Å².